The minimum Gasteiger partial charge on any atom is -0.377 e. The van der Waals surface area contributed by atoms with Gasteiger partial charge in [-0.25, -0.2) is 0 Å². The van der Waals surface area contributed by atoms with Crippen molar-refractivity contribution in [3.63, 3.8) is 0 Å². The molecule has 15 heavy (non-hydrogen) atoms. The Morgan fingerprint density at radius 1 is 1.40 bits per heavy atom. The molecule has 0 amide bonds. The molecule has 0 radical (unpaired) electrons. The van der Waals surface area contributed by atoms with Gasteiger partial charge in [0.15, 0.2) is 0 Å². The molecule has 2 N–H and O–H groups in total. The second-order valence-corrected chi connectivity index (χ2v) is 4.49. The standard InChI is InChI=1S/C9H9ClN4S/c10-6-1-2-7-9(14-15-13-7)8(6)12-5-3-11-4-5/h1-2,5,11-12H,3-4H2. The van der Waals surface area contributed by atoms with Gasteiger partial charge >= 0.3 is 0 Å². The van der Waals surface area contributed by atoms with Crippen molar-refractivity contribution >= 4 is 40.0 Å². The number of hydrogen-bond acceptors (Lipinski definition) is 5. The van der Waals surface area contributed by atoms with Gasteiger partial charge in [0, 0.05) is 13.1 Å². The summed E-state index contributed by atoms with van der Waals surface area (Å²) in [6.45, 7) is 1.95. The summed E-state index contributed by atoms with van der Waals surface area (Å²) in [5.74, 6) is 0. The monoisotopic (exact) mass is 240 g/mol. The van der Waals surface area contributed by atoms with E-state index in [4.69, 9.17) is 11.6 Å². The van der Waals surface area contributed by atoms with Gasteiger partial charge in [0.2, 0.25) is 0 Å². The molecule has 1 aromatic carbocycles. The predicted octanol–water partition coefficient (Wildman–Crippen LogP) is 1.73. The number of hydrogen-bond donors (Lipinski definition) is 2. The molecular weight excluding hydrogens is 232 g/mol. The number of nitrogens with zero attached hydrogens (tertiary/aromatic N) is 2. The predicted molar refractivity (Wildman–Crippen MR) is 62.7 cm³/mol. The molecule has 0 atom stereocenters. The largest absolute Gasteiger partial charge is 0.377 e. The van der Waals surface area contributed by atoms with E-state index in [1.54, 1.807) is 0 Å². The fourth-order valence-electron chi connectivity index (χ4n) is 1.56. The van der Waals surface area contributed by atoms with Crippen LogP contribution in [0, 0.1) is 0 Å². The summed E-state index contributed by atoms with van der Waals surface area (Å²) in [6, 6.07) is 4.21. The summed E-state index contributed by atoms with van der Waals surface area (Å²) in [4.78, 5) is 0. The smallest absolute Gasteiger partial charge is 0.129 e. The highest BCUT2D eigenvalue weighted by atomic mass is 35.5. The van der Waals surface area contributed by atoms with Crippen LogP contribution in [0.1, 0.15) is 0 Å². The van der Waals surface area contributed by atoms with Crippen LogP contribution in [0.15, 0.2) is 12.1 Å². The lowest BCUT2D eigenvalue weighted by atomic mass is 10.1. The van der Waals surface area contributed by atoms with Crippen molar-refractivity contribution in [1.82, 2.24) is 14.1 Å². The van der Waals surface area contributed by atoms with Gasteiger partial charge in [0.25, 0.3) is 0 Å². The molecule has 4 nitrogen and oxygen atoms in total. The molecule has 78 valence electrons. The van der Waals surface area contributed by atoms with E-state index in [0.717, 1.165) is 29.8 Å². The van der Waals surface area contributed by atoms with Crippen molar-refractivity contribution in [2.45, 2.75) is 6.04 Å². The Morgan fingerprint density at radius 3 is 3.00 bits per heavy atom. The minimum absolute atomic E-state index is 0.454. The van der Waals surface area contributed by atoms with Crippen LogP contribution in [-0.4, -0.2) is 27.9 Å². The molecule has 0 unspecified atom stereocenters. The van der Waals surface area contributed by atoms with Crippen LogP contribution in [0.25, 0.3) is 11.0 Å². The van der Waals surface area contributed by atoms with E-state index in [0.29, 0.717) is 11.1 Å². The summed E-state index contributed by atoms with van der Waals surface area (Å²) in [5.41, 5.74) is 2.69. The second-order valence-electron chi connectivity index (χ2n) is 3.55. The zero-order valence-corrected chi connectivity index (χ0v) is 9.40. The van der Waals surface area contributed by atoms with Crippen molar-refractivity contribution in [2.24, 2.45) is 0 Å². The highest BCUT2D eigenvalue weighted by molar-refractivity contribution is 7.00. The highest BCUT2D eigenvalue weighted by Gasteiger charge is 2.19. The van der Waals surface area contributed by atoms with Gasteiger partial charge in [-0.1, -0.05) is 11.6 Å². The van der Waals surface area contributed by atoms with Crippen molar-refractivity contribution in [3.05, 3.63) is 17.2 Å². The second kappa shape index (κ2) is 3.59. The molecule has 6 heteroatoms. The number of benzene rings is 1. The third-order valence-electron chi connectivity index (χ3n) is 2.51. The van der Waals surface area contributed by atoms with Gasteiger partial charge in [-0.2, -0.15) is 8.75 Å². The van der Waals surface area contributed by atoms with E-state index in [-0.39, 0.29) is 0 Å². The molecule has 0 aliphatic carbocycles. The molecule has 0 bridgehead atoms. The van der Waals surface area contributed by atoms with Gasteiger partial charge in [0.05, 0.1) is 28.5 Å². The van der Waals surface area contributed by atoms with Crippen LogP contribution in [0.2, 0.25) is 5.02 Å². The maximum Gasteiger partial charge on any atom is 0.129 e. The SMILES string of the molecule is Clc1ccc2nsnc2c1NC1CNC1. The van der Waals surface area contributed by atoms with E-state index >= 15 is 0 Å². The van der Waals surface area contributed by atoms with Gasteiger partial charge in [-0.05, 0) is 12.1 Å². The molecule has 3 rings (SSSR count). The maximum atomic E-state index is 6.14. The first kappa shape index (κ1) is 9.33. The molecule has 1 aliphatic rings. The first-order valence-electron chi connectivity index (χ1n) is 4.72. The lowest BCUT2D eigenvalue weighted by molar-refractivity contribution is 0.472. The quantitative estimate of drug-likeness (QED) is 0.840. The molecule has 1 saturated heterocycles. The molecule has 0 saturated carbocycles. The summed E-state index contributed by atoms with van der Waals surface area (Å²) in [6.07, 6.45) is 0. The van der Waals surface area contributed by atoms with Crippen molar-refractivity contribution in [1.29, 1.82) is 0 Å². The van der Waals surface area contributed by atoms with Gasteiger partial charge in [0.1, 0.15) is 11.0 Å². The average Bonchev–Trinajstić information content (AvgIpc) is 2.61. The van der Waals surface area contributed by atoms with E-state index < -0.39 is 0 Å². The van der Waals surface area contributed by atoms with Gasteiger partial charge < -0.3 is 10.6 Å². The Morgan fingerprint density at radius 2 is 2.27 bits per heavy atom. The van der Waals surface area contributed by atoms with Crippen LogP contribution in [0.4, 0.5) is 5.69 Å². The number of aromatic nitrogens is 2. The third kappa shape index (κ3) is 1.56. The highest BCUT2D eigenvalue weighted by Crippen LogP contribution is 2.30. The molecule has 1 fully saturated rings. The number of nitrogens with one attached hydrogen (secondary N) is 2. The summed E-state index contributed by atoms with van der Waals surface area (Å²) < 4.78 is 8.44. The van der Waals surface area contributed by atoms with Crippen LogP contribution in [0.5, 0.6) is 0 Å². The lowest BCUT2D eigenvalue weighted by Gasteiger charge is -2.29. The van der Waals surface area contributed by atoms with Crippen LogP contribution in [-0.2, 0) is 0 Å². The van der Waals surface area contributed by atoms with Crippen molar-refractivity contribution in [2.75, 3.05) is 18.4 Å². The molecular formula is C9H9ClN4S. The minimum atomic E-state index is 0.454. The Balaban J connectivity index is 2.05. The van der Waals surface area contributed by atoms with E-state index in [9.17, 15) is 0 Å². The number of anilines is 1. The normalized spacial score (nSPS) is 16.6. The van der Waals surface area contributed by atoms with Crippen LogP contribution in [0.3, 0.4) is 0 Å². The Hall–Kier alpha value is -0.910. The number of rotatable bonds is 2. The lowest BCUT2D eigenvalue weighted by Crippen LogP contribution is -2.51. The van der Waals surface area contributed by atoms with E-state index in [2.05, 4.69) is 19.4 Å². The first-order valence-corrected chi connectivity index (χ1v) is 5.83. The maximum absolute atomic E-state index is 6.14. The molecule has 1 aromatic heterocycles. The Labute approximate surface area is 96.0 Å². The fourth-order valence-corrected chi connectivity index (χ4v) is 2.31. The molecule has 0 spiro atoms. The zero-order chi connectivity index (χ0) is 10.3. The zero-order valence-electron chi connectivity index (χ0n) is 7.83. The van der Waals surface area contributed by atoms with Crippen molar-refractivity contribution < 1.29 is 0 Å². The van der Waals surface area contributed by atoms with E-state index in [1.165, 1.54) is 11.7 Å². The first-order chi connectivity index (χ1) is 7.34. The summed E-state index contributed by atoms with van der Waals surface area (Å²) in [5, 5.41) is 7.30. The molecule has 1 aliphatic heterocycles. The number of fused-ring (bicyclic) bond motifs is 1. The van der Waals surface area contributed by atoms with Gasteiger partial charge in [-0.15, -0.1) is 0 Å². The van der Waals surface area contributed by atoms with Crippen molar-refractivity contribution in [3.8, 4) is 0 Å². The van der Waals surface area contributed by atoms with Crippen LogP contribution >= 0.6 is 23.3 Å². The Bertz CT molecular complexity index is 494. The van der Waals surface area contributed by atoms with E-state index in [1.807, 2.05) is 12.1 Å². The summed E-state index contributed by atoms with van der Waals surface area (Å²) in [7, 11) is 0. The molecule has 2 heterocycles. The van der Waals surface area contributed by atoms with Crippen LogP contribution < -0.4 is 10.6 Å². The van der Waals surface area contributed by atoms with Gasteiger partial charge in [-0.3, -0.25) is 0 Å². The third-order valence-corrected chi connectivity index (χ3v) is 3.36. The Kier molecular flexibility index (Phi) is 2.23. The average molecular weight is 241 g/mol. The molecule has 2 aromatic rings. The fraction of sp³-hybridized carbons (Fsp3) is 0.333. The summed E-state index contributed by atoms with van der Waals surface area (Å²) >= 11 is 7.35. The topological polar surface area (TPSA) is 49.8 Å². The number of halogens is 1.